The van der Waals surface area contributed by atoms with Crippen molar-refractivity contribution in [3.8, 4) is 11.4 Å². The molecule has 6 heteroatoms. The van der Waals surface area contributed by atoms with Gasteiger partial charge < -0.3 is 10.2 Å². The van der Waals surface area contributed by atoms with Crippen LogP contribution in [-0.4, -0.2) is 16.6 Å². The van der Waals surface area contributed by atoms with E-state index in [1.807, 2.05) is 24.3 Å². The summed E-state index contributed by atoms with van der Waals surface area (Å²) in [6.07, 6.45) is 0.754. The average Bonchev–Trinajstić information content (AvgIpc) is 2.46. The molecule has 0 radical (unpaired) electrons. The Kier molecular flexibility index (Phi) is 3.33. The summed E-state index contributed by atoms with van der Waals surface area (Å²) in [6, 6.07) is 7.49. The summed E-state index contributed by atoms with van der Waals surface area (Å²) >= 11 is 6.18. The first-order chi connectivity index (χ1) is 9.29. The highest BCUT2D eigenvalue weighted by Crippen LogP contribution is 2.29. The van der Waals surface area contributed by atoms with Crippen LogP contribution in [0.3, 0.4) is 0 Å². The summed E-state index contributed by atoms with van der Waals surface area (Å²) in [4.78, 5) is 9.01. The molecule has 1 aliphatic heterocycles. The van der Waals surface area contributed by atoms with Crippen molar-refractivity contribution in [2.24, 2.45) is 5.84 Å². The monoisotopic (exact) mass is 276 g/mol. The lowest BCUT2D eigenvalue weighted by molar-refractivity contribution is 0.109. The van der Waals surface area contributed by atoms with Gasteiger partial charge in [-0.05, 0) is 12.1 Å². The van der Waals surface area contributed by atoms with Crippen LogP contribution in [0.1, 0.15) is 11.3 Å². The molecule has 3 N–H and O–H groups in total. The second kappa shape index (κ2) is 5.13. The number of nitrogens with two attached hydrogens (primary N) is 1. The van der Waals surface area contributed by atoms with Gasteiger partial charge in [0, 0.05) is 17.5 Å². The summed E-state index contributed by atoms with van der Waals surface area (Å²) in [5, 5.41) is 0.623. The molecule has 0 saturated heterocycles. The molecule has 0 atom stereocenters. The van der Waals surface area contributed by atoms with E-state index in [9.17, 15) is 0 Å². The van der Waals surface area contributed by atoms with Gasteiger partial charge in [-0.25, -0.2) is 15.8 Å². The Balaban J connectivity index is 2.15. The zero-order chi connectivity index (χ0) is 13.2. The summed E-state index contributed by atoms with van der Waals surface area (Å²) in [7, 11) is 0. The molecule has 0 fully saturated rings. The van der Waals surface area contributed by atoms with E-state index in [1.54, 1.807) is 0 Å². The Bertz CT molecular complexity index is 600. The fraction of sp³-hybridized carbons (Fsp3) is 0.231. The van der Waals surface area contributed by atoms with Crippen LogP contribution in [0, 0.1) is 0 Å². The van der Waals surface area contributed by atoms with E-state index in [2.05, 4.69) is 15.4 Å². The number of benzene rings is 1. The van der Waals surface area contributed by atoms with Crippen LogP contribution in [0.5, 0.6) is 0 Å². The van der Waals surface area contributed by atoms with Gasteiger partial charge >= 0.3 is 0 Å². The Morgan fingerprint density at radius 3 is 2.89 bits per heavy atom. The number of ether oxygens (including phenoxy) is 1. The average molecular weight is 277 g/mol. The van der Waals surface area contributed by atoms with Crippen molar-refractivity contribution in [1.82, 2.24) is 9.97 Å². The number of hydrogen-bond acceptors (Lipinski definition) is 5. The van der Waals surface area contributed by atoms with Crippen LogP contribution in [-0.2, 0) is 17.8 Å². The van der Waals surface area contributed by atoms with Crippen LogP contribution in [0.2, 0.25) is 5.02 Å². The van der Waals surface area contributed by atoms with Gasteiger partial charge in [0.1, 0.15) is 5.82 Å². The highest BCUT2D eigenvalue weighted by Gasteiger charge is 2.19. The summed E-state index contributed by atoms with van der Waals surface area (Å²) < 4.78 is 5.41. The molecule has 1 aromatic heterocycles. The second-order valence-electron chi connectivity index (χ2n) is 4.25. The maximum absolute atomic E-state index is 6.18. The molecule has 0 aliphatic carbocycles. The molecule has 0 spiro atoms. The lowest BCUT2D eigenvalue weighted by atomic mass is 10.1. The highest BCUT2D eigenvalue weighted by atomic mass is 35.5. The van der Waals surface area contributed by atoms with Gasteiger partial charge in [0.2, 0.25) is 0 Å². The minimum atomic E-state index is 0.484. The molecule has 1 aromatic carbocycles. The SMILES string of the molecule is NNc1nc(-c2ccccc2Cl)nc2c1COCC2. The molecule has 5 nitrogen and oxygen atoms in total. The van der Waals surface area contributed by atoms with Crippen molar-refractivity contribution >= 4 is 17.4 Å². The predicted octanol–water partition coefficient (Wildman–Crippen LogP) is 2.16. The van der Waals surface area contributed by atoms with Crippen molar-refractivity contribution in [2.75, 3.05) is 12.0 Å². The minimum absolute atomic E-state index is 0.484. The van der Waals surface area contributed by atoms with Gasteiger partial charge in [-0.2, -0.15) is 0 Å². The second-order valence-corrected chi connectivity index (χ2v) is 4.66. The van der Waals surface area contributed by atoms with Crippen LogP contribution in [0.15, 0.2) is 24.3 Å². The molecule has 2 aromatic rings. The lowest BCUT2D eigenvalue weighted by Crippen LogP contribution is -2.19. The number of aromatic nitrogens is 2. The van der Waals surface area contributed by atoms with Gasteiger partial charge in [0.25, 0.3) is 0 Å². The Hall–Kier alpha value is -1.69. The molecule has 3 rings (SSSR count). The van der Waals surface area contributed by atoms with E-state index >= 15 is 0 Å². The number of halogens is 1. The molecule has 1 aliphatic rings. The van der Waals surface area contributed by atoms with E-state index in [4.69, 9.17) is 22.2 Å². The Morgan fingerprint density at radius 2 is 2.11 bits per heavy atom. The third kappa shape index (κ3) is 2.28. The maximum atomic E-state index is 6.18. The molecule has 0 amide bonds. The largest absolute Gasteiger partial charge is 0.376 e. The summed E-state index contributed by atoms with van der Waals surface area (Å²) in [5.74, 6) is 6.71. The van der Waals surface area contributed by atoms with Crippen molar-refractivity contribution in [2.45, 2.75) is 13.0 Å². The molecule has 19 heavy (non-hydrogen) atoms. The Morgan fingerprint density at radius 1 is 1.26 bits per heavy atom. The minimum Gasteiger partial charge on any atom is -0.376 e. The predicted molar refractivity (Wildman–Crippen MR) is 73.6 cm³/mol. The fourth-order valence-electron chi connectivity index (χ4n) is 2.11. The molecule has 0 unspecified atom stereocenters. The number of rotatable bonds is 2. The van der Waals surface area contributed by atoms with E-state index in [0.717, 1.165) is 23.2 Å². The first-order valence-corrected chi connectivity index (χ1v) is 6.36. The van der Waals surface area contributed by atoms with Crippen LogP contribution in [0.4, 0.5) is 5.82 Å². The quantitative estimate of drug-likeness (QED) is 0.649. The number of hydrogen-bond donors (Lipinski definition) is 2. The number of nitrogen functional groups attached to an aromatic ring is 1. The maximum Gasteiger partial charge on any atom is 0.163 e. The van der Waals surface area contributed by atoms with Crippen LogP contribution >= 0.6 is 11.6 Å². The van der Waals surface area contributed by atoms with Crippen molar-refractivity contribution < 1.29 is 4.74 Å². The van der Waals surface area contributed by atoms with Crippen LogP contribution < -0.4 is 11.3 Å². The number of nitrogens with one attached hydrogen (secondary N) is 1. The first-order valence-electron chi connectivity index (χ1n) is 5.98. The van der Waals surface area contributed by atoms with E-state index in [0.29, 0.717) is 29.9 Å². The number of nitrogens with zero attached hydrogens (tertiary/aromatic N) is 2. The number of fused-ring (bicyclic) bond motifs is 1. The van der Waals surface area contributed by atoms with Crippen molar-refractivity contribution in [3.05, 3.63) is 40.5 Å². The third-order valence-corrected chi connectivity index (χ3v) is 3.40. The molecule has 2 heterocycles. The molecular weight excluding hydrogens is 264 g/mol. The van der Waals surface area contributed by atoms with Gasteiger partial charge in [0.15, 0.2) is 5.82 Å². The van der Waals surface area contributed by atoms with Gasteiger partial charge in [0.05, 0.1) is 23.9 Å². The van der Waals surface area contributed by atoms with Gasteiger partial charge in [-0.3, -0.25) is 0 Å². The van der Waals surface area contributed by atoms with Crippen LogP contribution in [0.25, 0.3) is 11.4 Å². The lowest BCUT2D eigenvalue weighted by Gasteiger charge is -2.19. The summed E-state index contributed by atoms with van der Waals surface area (Å²) in [5.41, 5.74) is 5.29. The first kappa shape index (κ1) is 12.3. The topological polar surface area (TPSA) is 73.1 Å². The molecular formula is C13H13ClN4O. The number of anilines is 1. The summed E-state index contributed by atoms with van der Waals surface area (Å²) in [6.45, 7) is 1.15. The smallest absolute Gasteiger partial charge is 0.163 e. The zero-order valence-corrected chi connectivity index (χ0v) is 10.9. The normalized spacial score (nSPS) is 14.0. The van der Waals surface area contributed by atoms with Gasteiger partial charge in [-0.15, -0.1) is 0 Å². The molecule has 0 saturated carbocycles. The third-order valence-electron chi connectivity index (χ3n) is 3.07. The highest BCUT2D eigenvalue weighted by molar-refractivity contribution is 6.33. The van der Waals surface area contributed by atoms with E-state index < -0.39 is 0 Å². The standard InChI is InChI=1S/C13H13ClN4O/c14-10-4-2-1-3-8(10)12-16-11-5-6-19-7-9(11)13(17-12)18-15/h1-4H,5-7,15H2,(H,16,17,18). The van der Waals surface area contributed by atoms with E-state index in [-0.39, 0.29) is 0 Å². The van der Waals surface area contributed by atoms with Crippen molar-refractivity contribution in [1.29, 1.82) is 0 Å². The number of hydrazine groups is 1. The van der Waals surface area contributed by atoms with E-state index in [1.165, 1.54) is 0 Å². The van der Waals surface area contributed by atoms with Gasteiger partial charge in [-0.1, -0.05) is 23.7 Å². The Labute approximate surface area is 115 Å². The fourth-order valence-corrected chi connectivity index (χ4v) is 2.33. The molecule has 98 valence electrons. The molecule has 0 bridgehead atoms. The zero-order valence-electron chi connectivity index (χ0n) is 10.2. The van der Waals surface area contributed by atoms with Crippen molar-refractivity contribution in [3.63, 3.8) is 0 Å².